The van der Waals surface area contributed by atoms with Crippen molar-refractivity contribution in [3.05, 3.63) is 62.8 Å². The minimum Gasteiger partial charge on any atom is -0.493 e. The summed E-state index contributed by atoms with van der Waals surface area (Å²) in [5, 5.41) is 5.97. The van der Waals surface area contributed by atoms with Gasteiger partial charge in [0.15, 0.2) is 11.5 Å². The lowest BCUT2D eigenvalue weighted by Crippen LogP contribution is -2.43. The fourth-order valence-corrected chi connectivity index (χ4v) is 4.72. The highest BCUT2D eigenvalue weighted by atomic mass is 16.5. The van der Waals surface area contributed by atoms with E-state index in [1.165, 1.54) is 30.9 Å². The van der Waals surface area contributed by atoms with Crippen molar-refractivity contribution >= 4 is 28.4 Å². The highest BCUT2D eigenvalue weighted by molar-refractivity contribution is 5.92. The first-order valence-corrected chi connectivity index (χ1v) is 12.4. The maximum Gasteiger partial charge on any atom is 0.331 e. The number of fused-ring (bicyclic) bond motifs is 1. The van der Waals surface area contributed by atoms with E-state index < -0.39 is 17.2 Å². The smallest absolute Gasteiger partial charge is 0.331 e. The Morgan fingerprint density at radius 2 is 1.65 bits per heavy atom. The number of aryl methyl sites for hydroxylation is 1. The van der Waals surface area contributed by atoms with Crippen LogP contribution in [-0.2, 0) is 22.7 Å². The lowest BCUT2D eigenvalue weighted by molar-refractivity contribution is -0.122. The predicted octanol–water partition coefficient (Wildman–Crippen LogP) is 2.58. The van der Waals surface area contributed by atoms with E-state index in [4.69, 9.17) is 9.47 Å². The molecule has 37 heavy (non-hydrogen) atoms. The number of hydrogen-bond acceptors (Lipinski definition) is 6. The van der Waals surface area contributed by atoms with Crippen LogP contribution in [0.15, 0.2) is 46.0 Å². The Hall–Kier alpha value is -4.08. The van der Waals surface area contributed by atoms with Gasteiger partial charge in [-0.15, -0.1) is 0 Å². The molecule has 1 aliphatic carbocycles. The van der Waals surface area contributed by atoms with Crippen LogP contribution in [0.25, 0.3) is 10.9 Å². The van der Waals surface area contributed by atoms with Gasteiger partial charge in [0.1, 0.15) is 6.54 Å². The number of rotatable bonds is 9. The van der Waals surface area contributed by atoms with Gasteiger partial charge in [0.05, 0.1) is 25.1 Å². The fourth-order valence-electron chi connectivity index (χ4n) is 4.72. The molecule has 10 heteroatoms. The third kappa shape index (κ3) is 5.68. The van der Waals surface area contributed by atoms with Gasteiger partial charge in [0, 0.05) is 30.8 Å². The van der Waals surface area contributed by atoms with E-state index in [0.29, 0.717) is 17.2 Å². The second-order valence-electron chi connectivity index (χ2n) is 9.21. The lowest BCUT2D eigenvalue weighted by atomic mass is 10.2. The van der Waals surface area contributed by atoms with Gasteiger partial charge in [0.25, 0.3) is 5.56 Å². The molecule has 0 saturated heterocycles. The van der Waals surface area contributed by atoms with Gasteiger partial charge in [-0.1, -0.05) is 31.0 Å². The van der Waals surface area contributed by atoms with Gasteiger partial charge >= 0.3 is 5.69 Å². The van der Waals surface area contributed by atoms with Gasteiger partial charge < -0.3 is 20.1 Å². The summed E-state index contributed by atoms with van der Waals surface area (Å²) in [7, 11) is 2.89. The van der Waals surface area contributed by atoms with Crippen molar-refractivity contribution in [2.45, 2.75) is 58.2 Å². The molecular weight excluding hydrogens is 476 g/mol. The molecule has 2 aromatic carbocycles. The Bertz CT molecular complexity index is 1440. The minimum atomic E-state index is -0.682. The van der Waals surface area contributed by atoms with Crippen molar-refractivity contribution in [3.63, 3.8) is 0 Å². The average molecular weight is 509 g/mol. The second kappa shape index (κ2) is 11.3. The summed E-state index contributed by atoms with van der Waals surface area (Å²) in [5.41, 5.74) is 0.487. The summed E-state index contributed by atoms with van der Waals surface area (Å²) < 4.78 is 12.9. The van der Waals surface area contributed by atoms with E-state index in [1.54, 1.807) is 12.1 Å². The molecule has 1 heterocycles. The van der Waals surface area contributed by atoms with Crippen LogP contribution >= 0.6 is 0 Å². The summed E-state index contributed by atoms with van der Waals surface area (Å²) in [6, 6.07) is 10.4. The molecule has 0 atom stereocenters. The molecule has 1 aliphatic rings. The standard InChI is InChI=1S/C27H32N4O6/c1-17-8-4-7-11-20(17)29-25(33)16-31-21-15-23(37-3)22(36-2)14-19(21)26(34)30(27(31)35)13-12-24(32)28-18-9-5-6-10-18/h4,7-8,11,14-15,18H,5-6,9-10,12-13,16H2,1-3H3,(H,28,32)(H,29,33). The van der Waals surface area contributed by atoms with Crippen molar-refractivity contribution in [1.29, 1.82) is 0 Å². The number of nitrogens with zero attached hydrogens (tertiary/aromatic N) is 2. The number of carbonyl (C=O) groups is 2. The van der Waals surface area contributed by atoms with E-state index in [1.807, 2.05) is 19.1 Å². The molecule has 4 rings (SSSR count). The molecule has 0 spiro atoms. The maximum atomic E-state index is 13.5. The van der Waals surface area contributed by atoms with Crippen LogP contribution in [0.4, 0.5) is 5.69 Å². The molecule has 2 N–H and O–H groups in total. The summed E-state index contributed by atoms with van der Waals surface area (Å²) in [6.45, 7) is 1.42. The van der Waals surface area contributed by atoms with Gasteiger partial charge in [-0.2, -0.15) is 0 Å². The van der Waals surface area contributed by atoms with Gasteiger partial charge in [-0.3, -0.25) is 23.5 Å². The Morgan fingerprint density at radius 1 is 0.973 bits per heavy atom. The van der Waals surface area contributed by atoms with E-state index in [0.717, 1.165) is 35.8 Å². The second-order valence-corrected chi connectivity index (χ2v) is 9.21. The number of aromatic nitrogens is 2. The SMILES string of the molecule is COc1cc2c(=O)n(CCC(=O)NC3CCCC3)c(=O)n(CC(=O)Nc3ccccc3C)c2cc1OC. The number of nitrogens with one attached hydrogen (secondary N) is 2. The Labute approximate surface area is 214 Å². The molecule has 1 saturated carbocycles. The van der Waals surface area contributed by atoms with Crippen LogP contribution in [0.5, 0.6) is 11.5 Å². The minimum absolute atomic E-state index is 0.0279. The van der Waals surface area contributed by atoms with Crippen LogP contribution in [0.2, 0.25) is 0 Å². The molecule has 10 nitrogen and oxygen atoms in total. The van der Waals surface area contributed by atoms with Crippen molar-refractivity contribution < 1.29 is 19.1 Å². The highest BCUT2D eigenvalue weighted by Crippen LogP contribution is 2.30. The molecule has 196 valence electrons. The summed E-state index contributed by atoms with van der Waals surface area (Å²) in [6.07, 6.45) is 4.00. The Morgan fingerprint density at radius 3 is 2.32 bits per heavy atom. The molecule has 0 radical (unpaired) electrons. The number of anilines is 1. The molecular formula is C27H32N4O6. The zero-order valence-corrected chi connectivity index (χ0v) is 21.3. The topological polar surface area (TPSA) is 121 Å². The first-order valence-electron chi connectivity index (χ1n) is 12.4. The molecule has 0 aliphatic heterocycles. The molecule has 1 aromatic heterocycles. The molecule has 1 fully saturated rings. The first kappa shape index (κ1) is 26.0. The van der Waals surface area contributed by atoms with Crippen molar-refractivity contribution in [1.82, 2.24) is 14.5 Å². The van der Waals surface area contributed by atoms with E-state index in [2.05, 4.69) is 10.6 Å². The van der Waals surface area contributed by atoms with E-state index in [9.17, 15) is 19.2 Å². The van der Waals surface area contributed by atoms with Crippen LogP contribution in [0.1, 0.15) is 37.7 Å². The largest absolute Gasteiger partial charge is 0.493 e. The van der Waals surface area contributed by atoms with Crippen molar-refractivity contribution in [2.24, 2.45) is 0 Å². The number of hydrogen-bond donors (Lipinski definition) is 2. The van der Waals surface area contributed by atoms with Crippen LogP contribution in [0, 0.1) is 6.92 Å². The number of para-hydroxylation sites is 1. The summed E-state index contributed by atoms with van der Waals surface area (Å²) in [4.78, 5) is 52.4. The molecule has 3 aromatic rings. The zero-order chi connectivity index (χ0) is 26.5. The van der Waals surface area contributed by atoms with Gasteiger partial charge in [-0.25, -0.2) is 4.79 Å². The van der Waals surface area contributed by atoms with Crippen LogP contribution in [-0.4, -0.2) is 41.2 Å². The molecule has 0 bridgehead atoms. The van der Waals surface area contributed by atoms with Crippen LogP contribution < -0.4 is 31.4 Å². The Balaban J connectivity index is 1.71. The maximum absolute atomic E-state index is 13.5. The number of methoxy groups -OCH3 is 2. The normalized spacial score (nSPS) is 13.5. The molecule has 2 amide bonds. The third-order valence-electron chi connectivity index (χ3n) is 6.73. The Kier molecular flexibility index (Phi) is 7.95. The summed E-state index contributed by atoms with van der Waals surface area (Å²) in [5.74, 6) is -0.0196. The third-order valence-corrected chi connectivity index (χ3v) is 6.73. The predicted molar refractivity (Wildman–Crippen MR) is 140 cm³/mol. The molecule has 0 unspecified atom stereocenters. The number of ether oxygens (including phenoxy) is 2. The van der Waals surface area contributed by atoms with E-state index >= 15 is 0 Å². The zero-order valence-electron chi connectivity index (χ0n) is 21.3. The van der Waals surface area contributed by atoms with Gasteiger partial charge in [-0.05, 0) is 37.5 Å². The number of carbonyl (C=O) groups excluding carboxylic acids is 2. The first-order chi connectivity index (χ1) is 17.8. The quantitative estimate of drug-likeness (QED) is 0.458. The monoisotopic (exact) mass is 508 g/mol. The van der Waals surface area contributed by atoms with E-state index in [-0.39, 0.29) is 42.4 Å². The highest BCUT2D eigenvalue weighted by Gasteiger charge is 2.21. The van der Waals surface area contributed by atoms with Crippen molar-refractivity contribution in [3.8, 4) is 11.5 Å². The van der Waals surface area contributed by atoms with Gasteiger partial charge in [0.2, 0.25) is 11.8 Å². The number of benzene rings is 2. The van der Waals surface area contributed by atoms with Crippen LogP contribution in [0.3, 0.4) is 0 Å². The fraction of sp³-hybridized carbons (Fsp3) is 0.407. The average Bonchev–Trinajstić information content (AvgIpc) is 3.40. The summed E-state index contributed by atoms with van der Waals surface area (Å²) >= 11 is 0. The van der Waals surface area contributed by atoms with Crippen molar-refractivity contribution in [2.75, 3.05) is 19.5 Å². The lowest BCUT2D eigenvalue weighted by Gasteiger charge is -2.17. The number of amides is 2.